The highest BCUT2D eigenvalue weighted by atomic mass is 16.5. The van der Waals surface area contributed by atoms with Gasteiger partial charge in [0, 0.05) is 25.6 Å². The number of hydrogen-bond donors (Lipinski definition) is 1. The smallest absolute Gasteiger partial charge is 0.140 e. The van der Waals surface area contributed by atoms with Crippen molar-refractivity contribution in [2.75, 3.05) is 24.9 Å². The van der Waals surface area contributed by atoms with Crippen molar-refractivity contribution in [3.63, 3.8) is 0 Å². The van der Waals surface area contributed by atoms with Crippen LogP contribution in [0.25, 0.3) is 0 Å². The maximum atomic E-state index is 5.71. The van der Waals surface area contributed by atoms with Crippen LogP contribution in [0.1, 0.15) is 19.8 Å². The van der Waals surface area contributed by atoms with Gasteiger partial charge in [-0.15, -0.1) is 0 Å². The Kier molecular flexibility index (Phi) is 3.26. The van der Waals surface area contributed by atoms with E-state index >= 15 is 0 Å². The van der Waals surface area contributed by atoms with E-state index in [1.54, 1.807) is 14.2 Å². The van der Waals surface area contributed by atoms with E-state index in [0.29, 0.717) is 0 Å². The fraction of sp³-hybridized carbons (Fsp3) is 0.538. The Labute approximate surface area is 102 Å². The molecule has 94 valence electrons. The fourth-order valence-corrected chi connectivity index (χ4v) is 2.44. The van der Waals surface area contributed by atoms with Crippen molar-refractivity contribution < 1.29 is 9.47 Å². The minimum Gasteiger partial charge on any atom is -0.399 e. The molecule has 2 rings (SSSR count). The zero-order valence-corrected chi connectivity index (χ0v) is 10.6. The molecular formula is C13H20N2O2. The molecule has 1 fully saturated rings. The van der Waals surface area contributed by atoms with Gasteiger partial charge in [-0.2, -0.15) is 0 Å². The van der Waals surface area contributed by atoms with Crippen LogP contribution in [0.4, 0.5) is 11.4 Å². The Morgan fingerprint density at radius 3 is 2.47 bits per heavy atom. The second-order valence-electron chi connectivity index (χ2n) is 4.57. The number of ether oxygens (including phenoxy) is 2. The molecule has 4 nitrogen and oxygen atoms in total. The lowest BCUT2D eigenvalue weighted by atomic mass is 10.1. The number of anilines is 2. The normalized spacial score (nSPS) is 28.6. The number of nitrogen functional groups attached to an aromatic ring is 1. The standard InChI is InChI=1S/C13H20N2O2/c1-13(17-3)9-8-12(16-2)15(13)11-6-4-10(14)5-7-11/h4-7,12H,8-9,14H2,1-3H3. The molecule has 2 N–H and O–H groups in total. The molecule has 0 amide bonds. The van der Waals surface area contributed by atoms with Crippen molar-refractivity contribution >= 4 is 11.4 Å². The van der Waals surface area contributed by atoms with Crippen LogP contribution in [0, 0.1) is 0 Å². The monoisotopic (exact) mass is 236 g/mol. The summed E-state index contributed by atoms with van der Waals surface area (Å²) < 4.78 is 11.2. The van der Waals surface area contributed by atoms with Crippen molar-refractivity contribution in [2.24, 2.45) is 0 Å². The average molecular weight is 236 g/mol. The van der Waals surface area contributed by atoms with Crippen LogP contribution in [0.2, 0.25) is 0 Å². The summed E-state index contributed by atoms with van der Waals surface area (Å²) in [6, 6.07) is 7.81. The summed E-state index contributed by atoms with van der Waals surface area (Å²) in [6.45, 7) is 2.09. The first-order valence-corrected chi connectivity index (χ1v) is 5.83. The van der Waals surface area contributed by atoms with Crippen molar-refractivity contribution in [3.05, 3.63) is 24.3 Å². The van der Waals surface area contributed by atoms with E-state index in [1.807, 2.05) is 24.3 Å². The van der Waals surface area contributed by atoms with E-state index in [0.717, 1.165) is 24.2 Å². The SMILES string of the molecule is COC1CCC(C)(OC)N1c1ccc(N)cc1. The van der Waals surface area contributed by atoms with Crippen LogP contribution in [-0.2, 0) is 9.47 Å². The minimum absolute atomic E-state index is 0.0589. The number of hydrogen-bond acceptors (Lipinski definition) is 4. The summed E-state index contributed by atoms with van der Waals surface area (Å²) in [5, 5.41) is 0. The van der Waals surface area contributed by atoms with Crippen LogP contribution >= 0.6 is 0 Å². The van der Waals surface area contributed by atoms with Gasteiger partial charge in [0.1, 0.15) is 12.0 Å². The van der Waals surface area contributed by atoms with E-state index in [-0.39, 0.29) is 12.0 Å². The highest BCUT2D eigenvalue weighted by molar-refractivity contribution is 5.55. The number of nitrogens with two attached hydrogens (primary N) is 1. The molecule has 0 aliphatic carbocycles. The highest BCUT2D eigenvalue weighted by Gasteiger charge is 2.43. The van der Waals surface area contributed by atoms with E-state index in [9.17, 15) is 0 Å². The first kappa shape index (κ1) is 12.2. The highest BCUT2D eigenvalue weighted by Crippen LogP contribution is 2.38. The third-order valence-corrected chi connectivity index (χ3v) is 3.54. The average Bonchev–Trinajstić information content (AvgIpc) is 2.68. The first-order valence-electron chi connectivity index (χ1n) is 5.83. The van der Waals surface area contributed by atoms with Crippen molar-refractivity contribution in [2.45, 2.75) is 31.7 Å². The van der Waals surface area contributed by atoms with Crippen LogP contribution in [0.3, 0.4) is 0 Å². The molecule has 0 spiro atoms. The number of rotatable bonds is 3. The Bertz CT molecular complexity index is 380. The van der Waals surface area contributed by atoms with E-state index in [2.05, 4.69) is 11.8 Å². The summed E-state index contributed by atoms with van der Waals surface area (Å²) in [6.07, 6.45) is 1.97. The lowest BCUT2D eigenvalue weighted by Gasteiger charge is -2.38. The Morgan fingerprint density at radius 2 is 1.94 bits per heavy atom. The minimum atomic E-state index is -0.309. The number of nitrogens with zero attached hydrogens (tertiary/aromatic N) is 1. The van der Waals surface area contributed by atoms with Crippen LogP contribution in [0.15, 0.2) is 24.3 Å². The summed E-state index contributed by atoms with van der Waals surface area (Å²) in [5.41, 5.74) is 7.24. The van der Waals surface area contributed by atoms with Gasteiger partial charge < -0.3 is 20.1 Å². The summed E-state index contributed by atoms with van der Waals surface area (Å²) in [4.78, 5) is 2.17. The molecule has 1 aromatic carbocycles. The molecule has 17 heavy (non-hydrogen) atoms. The summed E-state index contributed by atoms with van der Waals surface area (Å²) in [5.74, 6) is 0. The molecule has 1 aliphatic heterocycles. The Balaban J connectivity index is 2.34. The predicted octanol–water partition coefficient (Wildman–Crippen LogP) is 2.20. The third kappa shape index (κ3) is 2.10. The molecule has 0 radical (unpaired) electrons. The summed E-state index contributed by atoms with van der Waals surface area (Å²) in [7, 11) is 3.47. The number of benzene rings is 1. The second-order valence-corrected chi connectivity index (χ2v) is 4.57. The molecule has 4 heteroatoms. The zero-order valence-electron chi connectivity index (χ0n) is 10.6. The predicted molar refractivity (Wildman–Crippen MR) is 68.8 cm³/mol. The van der Waals surface area contributed by atoms with Gasteiger partial charge in [-0.05, 0) is 44.0 Å². The van der Waals surface area contributed by atoms with Gasteiger partial charge in [-0.3, -0.25) is 0 Å². The Morgan fingerprint density at radius 1 is 1.29 bits per heavy atom. The lowest BCUT2D eigenvalue weighted by molar-refractivity contribution is -0.000871. The molecule has 1 heterocycles. The molecule has 1 aromatic rings. The van der Waals surface area contributed by atoms with Gasteiger partial charge in [0.25, 0.3) is 0 Å². The van der Waals surface area contributed by atoms with Crippen LogP contribution in [-0.4, -0.2) is 26.2 Å². The fourth-order valence-electron chi connectivity index (χ4n) is 2.44. The van der Waals surface area contributed by atoms with Gasteiger partial charge in [0.2, 0.25) is 0 Å². The van der Waals surface area contributed by atoms with Gasteiger partial charge in [0.15, 0.2) is 0 Å². The van der Waals surface area contributed by atoms with Crippen molar-refractivity contribution in [1.82, 2.24) is 0 Å². The Hall–Kier alpha value is -1.26. The van der Waals surface area contributed by atoms with Gasteiger partial charge >= 0.3 is 0 Å². The molecule has 1 saturated heterocycles. The lowest BCUT2D eigenvalue weighted by Crippen LogP contribution is -2.47. The topological polar surface area (TPSA) is 47.7 Å². The maximum absolute atomic E-state index is 5.71. The molecule has 0 bridgehead atoms. The van der Waals surface area contributed by atoms with Crippen molar-refractivity contribution in [1.29, 1.82) is 0 Å². The quantitative estimate of drug-likeness (QED) is 0.817. The summed E-state index contributed by atoms with van der Waals surface area (Å²) >= 11 is 0. The third-order valence-electron chi connectivity index (χ3n) is 3.54. The molecule has 0 aromatic heterocycles. The molecule has 2 atom stereocenters. The van der Waals surface area contributed by atoms with Crippen LogP contribution < -0.4 is 10.6 Å². The van der Waals surface area contributed by atoms with Crippen LogP contribution in [0.5, 0.6) is 0 Å². The van der Waals surface area contributed by atoms with Gasteiger partial charge in [0.05, 0.1) is 0 Å². The molecular weight excluding hydrogens is 216 g/mol. The first-order chi connectivity index (χ1) is 8.10. The zero-order chi connectivity index (χ0) is 12.5. The number of methoxy groups -OCH3 is 2. The molecule has 0 saturated carbocycles. The van der Waals surface area contributed by atoms with E-state index < -0.39 is 0 Å². The van der Waals surface area contributed by atoms with Gasteiger partial charge in [-0.25, -0.2) is 0 Å². The van der Waals surface area contributed by atoms with Crippen molar-refractivity contribution in [3.8, 4) is 0 Å². The van der Waals surface area contributed by atoms with Gasteiger partial charge in [-0.1, -0.05) is 0 Å². The molecule has 1 aliphatic rings. The molecule has 2 unspecified atom stereocenters. The van der Waals surface area contributed by atoms with E-state index in [4.69, 9.17) is 15.2 Å². The maximum Gasteiger partial charge on any atom is 0.140 e. The largest absolute Gasteiger partial charge is 0.399 e. The second kappa shape index (κ2) is 4.55. The van der Waals surface area contributed by atoms with E-state index in [1.165, 1.54) is 0 Å².